The molecule has 2 heterocycles. The van der Waals surface area contributed by atoms with Crippen LogP contribution in [0.2, 0.25) is 0 Å². The van der Waals surface area contributed by atoms with Crippen LogP contribution in [-0.4, -0.2) is 17.2 Å². The second-order valence-corrected chi connectivity index (χ2v) is 5.05. The quantitative estimate of drug-likeness (QED) is 0.701. The molecule has 0 bridgehead atoms. The summed E-state index contributed by atoms with van der Waals surface area (Å²) in [6.45, 7) is 8.25. The normalized spacial score (nSPS) is 28.7. The van der Waals surface area contributed by atoms with Gasteiger partial charge in [0.1, 0.15) is 0 Å². The molecule has 0 aromatic heterocycles. The number of aliphatic imine (C=N–C) groups is 1. The van der Waals surface area contributed by atoms with Crippen molar-refractivity contribution in [1.82, 2.24) is 5.32 Å². The maximum absolute atomic E-state index is 11.9. The highest BCUT2D eigenvalue weighted by Gasteiger charge is 2.38. The summed E-state index contributed by atoms with van der Waals surface area (Å²) in [5.74, 6) is 0.280. The summed E-state index contributed by atoms with van der Waals surface area (Å²) in [5.41, 5.74) is 2.90. The number of nitrogens with zero attached hydrogens (tertiary/aromatic N) is 1. The highest BCUT2D eigenvalue weighted by molar-refractivity contribution is 6.06. The first kappa shape index (κ1) is 10.4. The van der Waals surface area contributed by atoms with E-state index in [4.69, 9.17) is 0 Å². The SMILES string of the molecule is CCC1=NC2=C(C(=O)NC(C)(C)C2)[C@@H]1C. The van der Waals surface area contributed by atoms with Crippen molar-refractivity contribution in [3.8, 4) is 0 Å². The maximum Gasteiger partial charge on any atom is 0.250 e. The van der Waals surface area contributed by atoms with E-state index in [9.17, 15) is 4.79 Å². The van der Waals surface area contributed by atoms with Gasteiger partial charge in [0.05, 0.1) is 5.70 Å². The van der Waals surface area contributed by atoms with Crippen LogP contribution in [0.15, 0.2) is 16.3 Å². The lowest BCUT2D eigenvalue weighted by Crippen LogP contribution is -2.48. The minimum atomic E-state index is -0.150. The van der Waals surface area contributed by atoms with Gasteiger partial charge in [0.15, 0.2) is 0 Å². The molecular weight excluding hydrogens is 188 g/mol. The van der Waals surface area contributed by atoms with Crippen molar-refractivity contribution >= 4 is 11.6 Å². The molecule has 0 fully saturated rings. The van der Waals surface area contributed by atoms with Crippen LogP contribution in [0.25, 0.3) is 0 Å². The Bertz CT molecular complexity index is 377. The van der Waals surface area contributed by atoms with Gasteiger partial charge in [-0.1, -0.05) is 13.8 Å². The summed E-state index contributed by atoms with van der Waals surface area (Å²) in [6.07, 6.45) is 1.78. The Labute approximate surface area is 90.7 Å². The molecule has 0 spiro atoms. The number of carbonyl (C=O) groups is 1. The predicted octanol–water partition coefficient (Wildman–Crippen LogP) is 2.04. The lowest BCUT2D eigenvalue weighted by atomic mass is 9.87. The molecule has 0 aromatic rings. The van der Waals surface area contributed by atoms with Gasteiger partial charge in [0.25, 0.3) is 0 Å². The van der Waals surface area contributed by atoms with Gasteiger partial charge in [0, 0.05) is 29.2 Å². The van der Waals surface area contributed by atoms with Gasteiger partial charge in [-0.15, -0.1) is 0 Å². The number of nitrogens with one attached hydrogen (secondary N) is 1. The first-order chi connectivity index (χ1) is 6.94. The van der Waals surface area contributed by atoms with E-state index in [1.165, 1.54) is 0 Å². The highest BCUT2D eigenvalue weighted by Crippen LogP contribution is 2.35. The van der Waals surface area contributed by atoms with Crippen LogP contribution in [0.1, 0.15) is 40.5 Å². The van der Waals surface area contributed by atoms with Crippen molar-refractivity contribution in [2.45, 2.75) is 46.1 Å². The van der Waals surface area contributed by atoms with Gasteiger partial charge in [-0.3, -0.25) is 9.79 Å². The van der Waals surface area contributed by atoms with Gasteiger partial charge in [-0.05, 0) is 20.3 Å². The van der Waals surface area contributed by atoms with Gasteiger partial charge in [-0.2, -0.15) is 0 Å². The Hall–Kier alpha value is -1.12. The first-order valence-corrected chi connectivity index (χ1v) is 5.57. The molecule has 1 amide bonds. The van der Waals surface area contributed by atoms with Crippen molar-refractivity contribution in [3.05, 3.63) is 11.3 Å². The summed E-state index contributed by atoms with van der Waals surface area (Å²) in [7, 11) is 0. The minimum Gasteiger partial charge on any atom is -0.347 e. The van der Waals surface area contributed by atoms with Crippen LogP contribution in [0.5, 0.6) is 0 Å². The maximum atomic E-state index is 11.9. The Morgan fingerprint density at radius 2 is 2.20 bits per heavy atom. The average molecular weight is 206 g/mol. The predicted molar refractivity (Wildman–Crippen MR) is 60.8 cm³/mol. The molecule has 2 rings (SSSR count). The first-order valence-electron chi connectivity index (χ1n) is 5.57. The molecule has 82 valence electrons. The zero-order chi connectivity index (χ0) is 11.2. The summed E-state index contributed by atoms with van der Waals surface area (Å²) in [6, 6.07) is 0. The van der Waals surface area contributed by atoms with E-state index < -0.39 is 0 Å². The highest BCUT2D eigenvalue weighted by atomic mass is 16.2. The van der Waals surface area contributed by atoms with Crippen molar-refractivity contribution in [2.24, 2.45) is 10.9 Å². The van der Waals surface area contributed by atoms with Gasteiger partial charge in [0.2, 0.25) is 5.91 Å². The van der Waals surface area contributed by atoms with E-state index in [-0.39, 0.29) is 17.4 Å². The molecule has 3 nitrogen and oxygen atoms in total. The number of carbonyl (C=O) groups excluding carboxylic acids is 1. The molecule has 3 heteroatoms. The fraction of sp³-hybridized carbons (Fsp3) is 0.667. The third kappa shape index (κ3) is 1.60. The third-order valence-electron chi connectivity index (χ3n) is 3.19. The van der Waals surface area contributed by atoms with Crippen LogP contribution in [0.3, 0.4) is 0 Å². The fourth-order valence-electron chi connectivity index (χ4n) is 2.43. The number of hydrogen-bond acceptors (Lipinski definition) is 2. The van der Waals surface area contributed by atoms with Gasteiger partial charge >= 0.3 is 0 Å². The van der Waals surface area contributed by atoms with E-state index in [1.807, 2.05) is 13.8 Å². The zero-order valence-electron chi connectivity index (χ0n) is 9.85. The minimum absolute atomic E-state index is 0.0703. The van der Waals surface area contributed by atoms with E-state index in [1.54, 1.807) is 0 Å². The van der Waals surface area contributed by atoms with Crippen molar-refractivity contribution < 1.29 is 4.79 Å². The molecule has 0 aromatic carbocycles. The molecule has 15 heavy (non-hydrogen) atoms. The fourth-order valence-corrected chi connectivity index (χ4v) is 2.43. The van der Waals surface area contributed by atoms with Crippen LogP contribution in [0, 0.1) is 5.92 Å². The van der Waals surface area contributed by atoms with E-state index in [0.717, 1.165) is 29.8 Å². The Kier molecular flexibility index (Phi) is 2.21. The lowest BCUT2D eigenvalue weighted by molar-refractivity contribution is -0.119. The van der Waals surface area contributed by atoms with Crippen LogP contribution in [0.4, 0.5) is 0 Å². The number of amides is 1. The smallest absolute Gasteiger partial charge is 0.250 e. The summed E-state index contributed by atoms with van der Waals surface area (Å²) >= 11 is 0. The average Bonchev–Trinajstić information content (AvgIpc) is 2.40. The Balaban J connectivity index is 2.37. The molecule has 0 saturated carbocycles. The van der Waals surface area contributed by atoms with Crippen molar-refractivity contribution in [1.29, 1.82) is 0 Å². The third-order valence-corrected chi connectivity index (χ3v) is 3.19. The second-order valence-electron chi connectivity index (χ2n) is 5.05. The second kappa shape index (κ2) is 3.19. The molecule has 2 aliphatic rings. The summed E-state index contributed by atoms with van der Waals surface area (Å²) < 4.78 is 0. The zero-order valence-corrected chi connectivity index (χ0v) is 9.85. The monoisotopic (exact) mass is 206 g/mol. The van der Waals surface area contributed by atoms with E-state index in [0.29, 0.717) is 0 Å². The van der Waals surface area contributed by atoms with Crippen LogP contribution in [-0.2, 0) is 4.79 Å². The van der Waals surface area contributed by atoms with Crippen LogP contribution < -0.4 is 5.32 Å². The van der Waals surface area contributed by atoms with E-state index >= 15 is 0 Å². The van der Waals surface area contributed by atoms with Gasteiger partial charge in [-0.25, -0.2) is 0 Å². The molecule has 2 aliphatic heterocycles. The molecule has 0 radical (unpaired) electrons. The Morgan fingerprint density at radius 3 is 2.80 bits per heavy atom. The summed E-state index contributed by atoms with van der Waals surface area (Å²) in [4.78, 5) is 16.5. The Morgan fingerprint density at radius 1 is 1.53 bits per heavy atom. The molecule has 0 aliphatic carbocycles. The topological polar surface area (TPSA) is 41.5 Å². The standard InChI is InChI=1S/C12H18N2O/c1-5-8-7(2)10-9(13-8)6-12(3,4)14-11(10)15/h7H,5-6H2,1-4H3,(H,14,15)/t7-/m1/s1. The number of hydrogen-bond donors (Lipinski definition) is 1. The molecular formula is C12H18N2O. The molecule has 1 atom stereocenters. The van der Waals surface area contributed by atoms with Crippen molar-refractivity contribution in [3.63, 3.8) is 0 Å². The molecule has 0 unspecified atom stereocenters. The van der Waals surface area contributed by atoms with Gasteiger partial charge < -0.3 is 5.32 Å². The number of rotatable bonds is 1. The molecule has 0 saturated heterocycles. The van der Waals surface area contributed by atoms with E-state index in [2.05, 4.69) is 24.2 Å². The van der Waals surface area contributed by atoms with Crippen LogP contribution >= 0.6 is 0 Å². The van der Waals surface area contributed by atoms with Crippen molar-refractivity contribution in [2.75, 3.05) is 0 Å². The molecule has 1 N–H and O–H groups in total. The largest absolute Gasteiger partial charge is 0.347 e. The lowest BCUT2D eigenvalue weighted by Gasteiger charge is -2.31. The summed E-state index contributed by atoms with van der Waals surface area (Å²) in [5, 5.41) is 3.03.